The number of nitrogens with one attached hydrogen (secondary N) is 2. The number of carbonyl (C=O) groups excluding carboxylic acids is 1. The first-order valence-corrected chi connectivity index (χ1v) is 7.45. The van der Waals surface area contributed by atoms with E-state index in [2.05, 4.69) is 10.6 Å². The van der Waals surface area contributed by atoms with Gasteiger partial charge < -0.3 is 15.4 Å². The van der Waals surface area contributed by atoms with Crippen molar-refractivity contribution in [1.82, 2.24) is 5.32 Å². The fourth-order valence-corrected chi connectivity index (χ4v) is 2.42. The van der Waals surface area contributed by atoms with Crippen LogP contribution in [0.2, 0.25) is 0 Å². The first-order chi connectivity index (χ1) is 9.78. The molecule has 1 saturated heterocycles. The Bertz CT molecular complexity index is 417. The lowest BCUT2D eigenvalue weighted by molar-refractivity contribution is -0.116. The molecule has 5 heteroatoms. The monoisotopic (exact) mass is 312 g/mol. The van der Waals surface area contributed by atoms with Gasteiger partial charge in [0.2, 0.25) is 5.91 Å². The molecule has 21 heavy (non-hydrogen) atoms. The summed E-state index contributed by atoms with van der Waals surface area (Å²) in [5.74, 6) is 0.767. The molecule has 0 bridgehead atoms. The molecule has 118 valence electrons. The van der Waals surface area contributed by atoms with E-state index in [0.717, 1.165) is 30.8 Å². The summed E-state index contributed by atoms with van der Waals surface area (Å²) in [7, 11) is 0. The third-order valence-electron chi connectivity index (χ3n) is 3.65. The highest BCUT2D eigenvalue weighted by Gasteiger charge is 2.15. The summed E-state index contributed by atoms with van der Waals surface area (Å²) in [6, 6.07) is 7.85. The minimum atomic E-state index is 0. The maximum atomic E-state index is 11.9. The predicted molar refractivity (Wildman–Crippen MR) is 87.9 cm³/mol. The van der Waals surface area contributed by atoms with E-state index < -0.39 is 0 Å². The number of hydrogen-bond acceptors (Lipinski definition) is 3. The Kier molecular flexibility index (Phi) is 8.35. The molecule has 1 fully saturated rings. The average molecular weight is 313 g/mol. The number of carbonyl (C=O) groups is 1. The van der Waals surface area contributed by atoms with Crippen LogP contribution in [-0.2, 0) is 16.1 Å². The van der Waals surface area contributed by atoms with Crippen molar-refractivity contribution in [1.29, 1.82) is 0 Å². The number of halogens is 1. The van der Waals surface area contributed by atoms with Crippen molar-refractivity contribution >= 4 is 24.0 Å². The van der Waals surface area contributed by atoms with Gasteiger partial charge in [0.15, 0.2) is 0 Å². The predicted octanol–water partition coefficient (Wildman–Crippen LogP) is 2.97. The van der Waals surface area contributed by atoms with Crippen molar-refractivity contribution in [3.63, 3.8) is 0 Å². The molecule has 0 aromatic heterocycles. The average Bonchev–Trinajstić information content (AvgIpc) is 2.98. The summed E-state index contributed by atoms with van der Waals surface area (Å²) in [6.07, 6.45) is 2.77. The minimum Gasteiger partial charge on any atom is -0.377 e. The normalized spacial score (nSPS) is 17.3. The minimum absolute atomic E-state index is 0. The number of amides is 1. The Morgan fingerprint density at radius 1 is 1.38 bits per heavy atom. The Labute approximate surface area is 133 Å². The van der Waals surface area contributed by atoms with Crippen LogP contribution in [-0.4, -0.2) is 25.6 Å². The number of ether oxygens (including phenoxy) is 1. The van der Waals surface area contributed by atoms with Crippen molar-refractivity contribution < 1.29 is 9.53 Å². The van der Waals surface area contributed by atoms with Gasteiger partial charge in [0.1, 0.15) is 0 Å². The van der Waals surface area contributed by atoms with Gasteiger partial charge >= 0.3 is 0 Å². The topological polar surface area (TPSA) is 50.4 Å². The van der Waals surface area contributed by atoms with E-state index in [0.29, 0.717) is 25.6 Å². The van der Waals surface area contributed by atoms with Gasteiger partial charge in [-0.3, -0.25) is 4.79 Å². The van der Waals surface area contributed by atoms with E-state index in [9.17, 15) is 4.79 Å². The maximum absolute atomic E-state index is 11.9. The van der Waals surface area contributed by atoms with Gasteiger partial charge in [-0.2, -0.15) is 0 Å². The third-order valence-corrected chi connectivity index (χ3v) is 3.65. The number of hydrogen-bond donors (Lipinski definition) is 2. The highest BCUT2D eigenvalue weighted by molar-refractivity contribution is 5.90. The molecular formula is C16H25ClN2O2. The lowest BCUT2D eigenvalue weighted by Crippen LogP contribution is -2.15. The van der Waals surface area contributed by atoms with E-state index in [1.54, 1.807) is 0 Å². The van der Waals surface area contributed by atoms with Gasteiger partial charge in [0.25, 0.3) is 0 Å². The van der Waals surface area contributed by atoms with Gasteiger partial charge in [0.05, 0.1) is 6.61 Å². The highest BCUT2D eigenvalue weighted by Crippen LogP contribution is 2.16. The van der Waals surface area contributed by atoms with E-state index in [-0.39, 0.29) is 18.3 Å². The SMILES string of the molecule is CCOCc1ccc(NC(=O)CCC2CCNC2)cc1.Cl. The molecule has 1 aliphatic rings. The second-order valence-corrected chi connectivity index (χ2v) is 5.28. The molecule has 0 saturated carbocycles. The second-order valence-electron chi connectivity index (χ2n) is 5.28. The number of benzene rings is 1. The van der Waals surface area contributed by atoms with Gasteiger partial charge in [0, 0.05) is 18.7 Å². The summed E-state index contributed by atoms with van der Waals surface area (Å²) in [4.78, 5) is 11.9. The van der Waals surface area contributed by atoms with E-state index in [1.165, 1.54) is 6.42 Å². The summed E-state index contributed by atoms with van der Waals surface area (Å²) < 4.78 is 5.34. The van der Waals surface area contributed by atoms with Crippen molar-refractivity contribution in [2.45, 2.75) is 32.8 Å². The van der Waals surface area contributed by atoms with E-state index in [1.807, 2.05) is 31.2 Å². The molecule has 2 N–H and O–H groups in total. The molecule has 1 heterocycles. The van der Waals surface area contributed by atoms with Gasteiger partial charge in [-0.1, -0.05) is 12.1 Å². The summed E-state index contributed by atoms with van der Waals surface area (Å²) in [5.41, 5.74) is 1.99. The largest absolute Gasteiger partial charge is 0.377 e. The van der Waals surface area contributed by atoms with Crippen molar-refractivity contribution in [3.8, 4) is 0 Å². The molecule has 2 rings (SSSR count). The fourth-order valence-electron chi connectivity index (χ4n) is 2.42. The lowest BCUT2D eigenvalue weighted by Gasteiger charge is -2.09. The van der Waals surface area contributed by atoms with Gasteiger partial charge in [-0.05, 0) is 56.5 Å². The van der Waals surface area contributed by atoms with Crippen LogP contribution in [0.5, 0.6) is 0 Å². The van der Waals surface area contributed by atoms with Crippen LogP contribution in [0, 0.1) is 5.92 Å². The molecule has 0 radical (unpaired) electrons. The second kappa shape index (κ2) is 9.77. The fraction of sp³-hybridized carbons (Fsp3) is 0.562. The Morgan fingerprint density at radius 3 is 2.76 bits per heavy atom. The molecule has 1 aromatic rings. The molecule has 4 nitrogen and oxygen atoms in total. The lowest BCUT2D eigenvalue weighted by atomic mass is 10.0. The van der Waals surface area contributed by atoms with Gasteiger partial charge in [-0.15, -0.1) is 12.4 Å². The highest BCUT2D eigenvalue weighted by atomic mass is 35.5. The number of rotatable bonds is 7. The van der Waals surface area contributed by atoms with Crippen LogP contribution >= 0.6 is 12.4 Å². The van der Waals surface area contributed by atoms with Crippen LogP contribution in [0.1, 0.15) is 31.7 Å². The molecule has 1 unspecified atom stereocenters. The smallest absolute Gasteiger partial charge is 0.224 e. The molecular weight excluding hydrogens is 288 g/mol. The summed E-state index contributed by atoms with van der Waals surface area (Å²) in [5, 5.41) is 6.27. The first-order valence-electron chi connectivity index (χ1n) is 7.45. The zero-order valence-electron chi connectivity index (χ0n) is 12.6. The molecule has 0 aliphatic carbocycles. The van der Waals surface area contributed by atoms with Crippen LogP contribution in [0.25, 0.3) is 0 Å². The Morgan fingerprint density at radius 2 is 2.14 bits per heavy atom. The Balaban J connectivity index is 0.00000220. The van der Waals surface area contributed by atoms with Gasteiger partial charge in [-0.25, -0.2) is 0 Å². The molecule has 1 amide bonds. The maximum Gasteiger partial charge on any atom is 0.224 e. The van der Waals surface area contributed by atoms with E-state index >= 15 is 0 Å². The zero-order chi connectivity index (χ0) is 14.2. The van der Waals surface area contributed by atoms with Crippen LogP contribution in [0.15, 0.2) is 24.3 Å². The molecule has 1 aliphatic heterocycles. The standard InChI is InChI=1S/C16H24N2O2.ClH/c1-2-20-12-14-3-6-15(7-4-14)18-16(19)8-5-13-9-10-17-11-13;/h3-4,6-7,13,17H,2,5,8-12H2,1H3,(H,18,19);1H. The molecule has 1 atom stereocenters. The van der Waals surface area contributed by atoms with Crippen molar-refractivity contribution in [2.24, 2.45) is 5.92 Å². The number of anilines is 1. The Hall–Kier alpha value is -1.10. The van der Waals surface area contributed by atoms with E-state index in [4.69, 9.17) is 4.74 Å². The van der Waals surface area contributed by atoms with Crippen LogP contribution < -0.4 is 10.6 Å². The first kappa shape index (κ1) is 18.0. The molecule has 0 spiro atoms. The summed E-state index contributed by atoms with van der Waals surface area (Å²) >= 11 is 0. The van der Waals surface area contributed by atoms with Crippen LogP contribution in [0.4, 0.5) is 5.69 Å². The summed E-state index contributed by atoms with van der Waals surface area (Å²) in [6.45, 7) is 5.47. The molecule has 1 aromatic carbocycles. The van der Waals surface area contributed by atoms with Crippen LogP contribution in [0.3, 0.4) is 0 Å². The van der Waals surface area contributed by atoms with Crippen molar-refractivity contribution in [2.75, 3.05) is 25.0 Å². The third kappa shape index (κ3) is 6.46. The quantitative estimate of drug-likeness (QED) is 0.814. The zero-order valence-corrected chi connectivity index (χ0v) is 13.4. The van der Waals surface area contributed by atoms with Crippen molar-refractivity contribution in [3.05, 3.63) is 29.8 Å².